The van der Waals surface area contributed by atoms with Gasteiger partial charge in [-0.2, -0.15) is 5.26 Å². The van der Waals surface area contributed by atoms with Gasteiger partial charge in [0.1, 0.15) is 6.07 Å². The van der Waals surface area contributed by atoms with E-state index in [9.17, 15) is 4.39 Å². The van der Waals surface area contributed by atoms with E-state index in [1.807, 2.05) is 24.3 Å². The molecule has 0 radical (unpaired) electrons. The monoisotopic (exact) mass is 322 g/mol. The quantitative estimate of drug-likeness (QED) is 0.843. The molecule has 2 aromatic rings. The fourth-order valence-electron chi connectivity index (χ4n) is 1.39. The number of nitrogens with zero attached hydrogens (tertiary/aromatic N) is 1. The molecule has 5 heteroatoms. The van der Waals surface area contributed by atoms with Gasteiger partial charge in [0, 0.05) is 15.5 Å². The first-order valence-electron chi connectivity index (χ1n) is 5.04. The average molecular weight is 323 g/mol. The van der Waals surface area contributed by atoms with Crippen LogP contribution in [0, 0.1) is 17.1 Å². The van der Waals surface area contributed by atoms with E-state index in [1.54, 1.807) is 18.2 Å². The fraction of sp³-hybridized carbons (Fsp3) is 0. The van der Waals surface area contributed by atoms with Crippen LogP contribution in [0.25, 0.3) is 0 Å². The smallest absolute Gasteiger partial charge is 0.152 e. The molecule has 0 saturated heterocycles. The molecule has 0 spiro atoms. The first-order valence-corrected chi connectivity index (χ1v) is 6.65. The fourth-order valence-corrected chi connectivity index (χ4v) is 2.85. The molecule has 2 N–H and O–H groups in total. The third-order valence-corrected chi connectivity index (χ3v) is 4.21. The first kappa shape index (κ1) is 12.9. The van der Waals surface area contributed by atoms with Crippen LogP contribution < -0.4 is 5.73 Å². The number of halogens is 2. The number of rotatable bonds is 2. The van der Waals surface area contributed by atoms with Gasteiger partial charge in [-0.15, -0.1) is 0 Å². The lowest BCUT2D eigenvalue weighted by molar-refractivity contribution is 0.594. The second-order valence-electron chi connectivity index (χ2n) is 3.49. The van der Waals surface area contributed by atoms with Crippen LogP contribution in [0.4, 0.5) is 10.1 Å². The molecule has 0 amide bonds. The Morgan fingerprint density at radius 3 is 2.56 bits per heavy atom. The molecule has 0 fully saturated rings. The Balaban J connectivity index is 2.40. The number of nitrogen functional groups attached to an aromatic ring is 1. The number of hydrogen-bond donors (Lipinski definition) is 1. The van der Waals surface area contributed by atoms with E-state index >= 15 is 0 Å². The molecule has 0 aromatic heterocycles. The van der Waals surface area contributed by atoms with Crippen LogP contribution in [-0.4, -0.2) is 0 Å². The van der Waals surface area contributed by atoms with E-state index in [1.165, 1.54) is 11.8 Å². The summed E-state index contributed by atoms with van der Waals surface area (Å²) in [4.78, 5) is 1.21. The summed E-state index contributed by atoms with van der Waals surface area (Å²) in [6.45, 7) is 0. The first-order chi connectivity index (χ1) is 8.63. The number of hydrogen-bond acceptors (Lipinski definition) is 3. The molecule has 0 saturated carbocycles. The van der Waals surface area contributed by atoms with Crippen LogP contribution in [0.1, 0.15) is 5.56 Å². The molecule has 0 aliphatic carbocycles. The average Bonchev–Trinajstić information content (AvgIpc) is 2.38. The highest BCUT2D eigenvalue weighted by Crippen LogP contribution is 2.36. The Morgan fingerprint density at radius 1 is 1.17 bits per heavy atom. The van der Waals surface area contributed by atoms with Gasteiger partial charge in [-0.25, -0.2) is 4.39 Å². The largest absolute Gasteiger partial charge is 0.398 e. The molecule has 0 aliphatic rings. The van der Waals surface area contributed by atoms with Gasteiger partial charge in [0.25, 0.3) is 0 Å². The van der Waals surface area contributed by atoms with Gasteiger partial charge in [-0.3, -0.25) is 0 Å². The van der Waals surface area contributed by atoms with E-state index in [0.29, 0.717) is 10.6 Å². The zero-order valence-corrected chi connectivity index (χ0v) is 11.6. The molecule has 0 bridgehead atoms. The van der Waals surface area contributed by atoms with Crippen LogP contribution in [0.5, 0.6) is 0 Å². The van der Waals surface area contributed by atoms with Crippen molar-refractivity contribution in [3.63, 3.8) is 0 Å². The second-order valence-corrected chi connectivity index (χ2v) is 5.37. The minimum Gasteiger partial charge on any atom is -0.398 e. The lowest BCUT2D eigenvalue weighted by Gasteiger charge is -2.07. The summed E-state index contributed by atoms with van der Waals surface area (Å²) < 4.78 is 14.2. The maximum absolute atomic E-state index is 14.0. The summed E-state index contributed by atoms with van der Waals surface area (Å²) >= 11 is 4.32. The molecule has 90 valence electrons. The summed E-state index contributed by atoms with van der Waals surface area (Å²) in [5.41, 5.74) is 6.68. The molecule has 0 unspecified atom stereocenters. The number of anilines is 1. The van der Waals surface area contributed by atoms with Crippen molar-refractivity contribution >= 4 is 33.4 Å². The van der Waals surface area contributed by atoms with Gasteiger partial charge < -0.3 is 5.73 Å². The van der Waals surface area contributed by atoms with Crippen LogP contribution in [0.3, 0.4) is 0 Å². The second kappa shape index (κ2) is 5.42. The summed E-state index contributed by atoms with van der Waals surface area (Å²) in [6, 6.07) is 12.3. The Hall–Kier alpha value is -1.51. The number of para-hydroxylation sites is 1. The Kier molecular flexibility index (Phi) is 3.90. The van der Waals surface area contributed by atoms with Crippen LogP contribution in [0.15, 0.2) is 50.7 Å². The topological polar surface area (TPSA) is 49.8 Å². The van der Waals surface area contributed by atoms with Gasteiger partial charge in [-0.05, 0) is 40.2 Å². The molecule has 0 heterocycles. The maximum Gasteiger partial charge on any atom is 0.152 e. The standard InChI is InChI=1S/C13H8BrFN2S/c14-12-8(7-16)5-6-11(13(12)15)18-10-4-2-1-3-9(10)17/h1-6H,17H2. The third-order valence-electron chi connectivity index (χ3n) is 2.31. The highest BCUT2D eigenvalue weighted by Gasteiger charge is 2.12. The summed E-state index contributed by atoms with van der Waals surface area (Å²) in [7, 11) is 0. The predicted octanol–water partition coefficient (Wildman–Crippen LogP) is 4.19. The molecule has 0 atom stereocenters. The molecular formula is C13H8BrFN2S. The highest BCUT2D eigenvalue weighted by molar-refractivity contribution is 9.10. The van der Waals surface area contributed by atoms with E-state index in [0.717, 1.165) is 4.90 Å². The van der Waals surface area contributed by atoms with E-state index < -0.39 is 5.82 Å². The van der Waals surface area contributed by atoms with Crippen molar-refractivity contribution in [2.24, 2.45) is 0 Å². The van der Waals surface area contributed by atoms with Crippen LogP contribution >= 0.6 is 27.7 Å². The van der Waals surface area contributed by atoms with Gasteiger partial charge >= 0.3 is 0 Å². The number of nitriles is 1. The van der Waals surface area contributed by atoms with Crippen molar-refractivity contribution in [1.29, 1.82) is 5.26 Å². The Bertz CT molecular complexity index is 637. The molecule has 2 rings (SSSR count). The molecule has 0 aliphatic heterocycles. The van der Waals surface area contributed by atoms with Gasteiger partial charge in [-0.1, -0.05) is 23.9 Å². The Morgan fingerprint density at radius 2 is 1.89 bits per heavy atom. The summed E-state index contributed by atoms with van der Waals surface area (Å²) in [6.07, 6.45) is 0. The molecule has 18 heavy (non-hydrogen) atoms. The van der Waals surface area contributed by atoms with Gasteiger partial charge in [0.05, 0.1) is 10.0 Å². The van der Waals surface area contributed by atoms with E-state index in [-0.39, 0.29) is 10.0 Å². The minimum absolute atomic E-state index is 0.185. The van der Waals surface area contributed by atoms with Gasteiger partial charge in [0.2, 0.25) is 0 Å². The minimum atomic E-state index is -0.442. The molecular weight excluding hydrogens is 315 g/mol. The van der Waals surface area contributed by atoms with Crippen molar-refractivity contribution in [1.82, 2.24) is 0 Å². The zero-order valence-electron chi connectivity index (χ0n) is 9.15. The van der Waals surface area contributed by atoms with Crippen LogP contribution in [-0.2, 0) is 0 Å². The van der Waals surface area contributed by atoms with Crippen molar-refractivity contribution in [2.45, 2.75) is 9.79 Å². The van der Waals surface area contributed by atoms with Crippen molar-refractivity contribution in [3.05, 3.63) is 52.3 Å². The van der Waals surface area contributed by atoms with Crippen molar-refractivity contribution in [2.75, 3.05) is 5.73 Å². The van der Waals surface area contributed by atoms with Gasteiger partial charge in [0.15, 0.2) is 5.82 Å². The Labute approximate surface area is 117 Å². The highest BCUT2D eigenvalue weighted by atomic mass is 79.9. The SMILES string of the molecule is N#Cc1ccc(Sc2ccccc2N)c(F)c1Br. The summed E-state index contributed by atoms with van der Waals surface area (Å²) in [5, 5.41) is 8.79. The predicted molar refractivity (Wildman–Crippen MR) is 73.8 cm³/mol. The van der Waals surface area contributed by atoms with E-state index in [4.69, 9.17) is 11.0 Å². The normalized spacial score (nSPS) is 10.1. The lowest BCUT2D eigenvalue weighted by atomic mass is 10.2. The molecule has 2 aromatic carbocycles. The van der Waals surface area contributed by atoms with E-state index in [2.05, 4.69) is 15.9 Å². The maximum atomic E-state index is 14.0. The van der Waals surface area contributed by atoms with Crippen molar-refractivity contribution in [3.8, 4) is 6.07 Å². The van der Waals surface area contributed by atoms with Crippen LogP contribution in [0.2, 0.25) is 0 Å². The third kappa shape index (κ3) is 2.50. The molecule has 2 nitrogen and oxygen atoms in total. The zero-order chi connectivity index (χ0) is 13.1. The number of nitrogens with two attached hydrogens (primary N) is 1. The lowest BCUT2D eigenvalue weighted by Crippen LogP contribution is -1.90. The summed E-state index contributed by atoms with van der Waals surface area (Å²) in [5.74, 6) is -0.442. The van der Waals surface area contributed by atoms with Crippen molar-refractivity contribution < 1.29 is 4.39 Å². The number of benzene rings is 2.